The van der Waals surface area contributed by atoms with Crippen molar-refractivity contribution in [1.82, 2.24) is 45.0 Å². The van der Waals surface area contributed by atoms with E-state index in [1.165, 1.54) is 41.7 Å². The van der Waals surface area contributed by atoms with E-state index in [0.29, 0.717) is 117 Å². The molecule has 2 aliphatic rings. The first-order chi connectivity index (χ1) is 67.9. The summed E-state index contributed by atoms with van der Waals surface area (Å²) in [4.78, 5) is 67.3. The lowest BCUT2D eigenvalue weighted by atomic mass is 9.91. The number of nitrogens with zero attached hydrogens (tertiary/aromatic N) is 10. The lowest BCUT2D eigenvalue weighted by molar-refractivity contribution is -0.385. The number of anilines is 1. The first-order valence-electron chi connectivity index (χ1n) is 49.4. The van der Waals surface area contributed by atoms with Gasteiger partial charge in [-0.3, -0.25) is 34.6 Å². The van der Waals surface area contributed by atoms with Crippen molar-refractivity contribution in [3.8, 4) is 51.4 Å². The Morgan fingerprint density at radius 2 is 1.08 bits per heavy atom. The van der Waals surface area contributed by atoms with Gasteiger partial charge >= 0.3 is 5.69 Å². The largest absolute Gasteiger partial charge is 0.493 e. The number of primary amides is 1. The zero-order chi connectivity index (χ0) is 109. The van der Waals surface area contributed by atoms with Gasteiger partial charge in [-0.15, -0.1) is 31.7 Å². The number of aromatic nitrogens is 8. The third kappa shape index (κ3) is 54.5. The molecule has 3 amide bonds. The molecule has 28 nitrogen and oxygen atoms in total. The summed E-state index contributed by atoms with van der Waals surface area (Å²) in [6, 6.07) is 46.2. The van der Waals surface area contributed by atoms with Crippen molar-refractivity contribution < 1.29 is 66.5 Å². The summed E-state index contributed by atoms with van der Waals surface area (Å²) in [7, 11) is 1.78. The fraction of sp³-hybridized carbons (Fsp3) is 0.504. The number of nitro benzene ring substituents is 1. The summed E-state index contributed by atoms with van der Waals surface area (Å²) in [6.45, 7) is 74.6. The Kier molecular flexibility index (Phi) is 50.5. The first-order valence-corrected chi connectivity index (χ1v) is 52.1. The Hall–Kier alpha value is -11.9. The molecule has 31 heteroatoms. The lowest BCUT2D eigenvalue weighted by Gasteiger charge is -2.27. The number of thioether (sulfide) groups is 1. The molecule has 6 aromatic carbocycles. The molecule has 0 radical (unpaired) electrons. The third-order valence-electron chi connectivity index (χ3n) is 19.5. The number of nitro groups is 1. The van der Waals surface area contributed by atoms with E-state index in [1.807, 2.05) is 157 Å². The molecule has 0 saturated carbocycles. The van der Waals surface area contributed by atoms with Gasteiger partial charge in [0.05, 0.1) is 88.1 Å². The van der Waals surface area contributed by atoms with Crippen LogP contribution in [0.1, 0.15) is 249 Å². The summed E-state index contributed by atoms with van der Waals surface area (Å²) in [5.41, 5.74) is 15.6. The number of ether oxygens (including phenoxy) is 9. The number of hydrogen-bond donors (Lipinski definition) is 2. The van der Waals surface area contributed by atoms with Crippen molar-refractivity contribution >= 4 is 80.0 Å². The van der Waals surface area contributed by atoms with E-state index in [2.05, 4.69) is 214 Å². The number of rotatable bonds is 27. The number of hydrogen-bond acceptors (Lipinski definition) is 26. The molecule has 1 fully saturated rings. The molecule has 7 heterocycles. The minimum absolute atomic E-state index is 0.0102. The molecule has 146 heavy (non-hydrogen) atoms. The van der Waals surface area contributed by atoms with Gasteiger partial charge in [-0.25, -0.2) is 9.97 Å². The highest BCUT2D eigenvalue weighted by Gasteiger charge is 2.25. The Bertz CT molecular complexity index is 5850. The monoisotopic (exact) mass is 2070 g/mol. The average Bonchev–Trinajstić information content (AvgIpc) is 1.05. The minimum atomic E-state index is -0.433. The van der Waals surface area contributed by atoms with Crippen molar-refractivity contribution in [3.63, 3.8) is 0 Å². The topological polar surface area (TPSA) is 344 Å². The molecule has 0 aliphatic carbocycles. The maximum atomic E-state index is 12.2. The molecule has 13 rings (SSSR count). The predicted octanol–water partition coefficient (Wildman–Crippen LogP) is 26.9. The van der Waals surface area contributed by atoms with E-state index in [1.54, 1.807) is 100 Å². The summed E-state index contributed by atoms with van der Waals surface area (Å²) < 4.78 is 56.8. The molecule has 0 atom stereocenters. The quantitative estimate of drug-likeness (QED) is 0.0159. The van der Waals surface area contributed by atoms with Crippen LogP contribution in [0.2, 0.25) is 0 Å². The number of aryl methyl sites for hydroxylation is 5. The number of para-hydroxylation sites is 5. The number of nitrogens with two attached hydrogens (primary N) is 1. The number of carbonyl (C=O) groups excluding carboxylic acids is 3. The van der Waals surface area contributed by atoms with Gasteiger partial charge in [0, 0.05) is 84.0 Å². The zero-order valence-corrected chi connectivity index (χ0v) is 95.0. The minimum Gasteiger partial charge on any atom is -0.493 e. The normalized spacial score (nSPS) is 12.5. The Morgan fingerprint density at radius 3 is 1.61 bits per heavy atom. The molecule has 0 unspecified atom stereocenters. The molecule has 3 N–H and O–H groups in total. The number of fused-ring (bicyclic) bond motifs is 2. The van der Waals surface area contributed by atoms with Gasteiger partial charge < -0.3 is 62.4 Å². The fourth-order valence-electron chi connectivity index (χ4n) is 12.2. The van der Waals surface area contributed by atoms with E-state index in [-0.39, 0.29) is 79.9 Å². The first kappa shape index (κ1) is 125. The highest BCUT2D eigenvalue weighted by Crippen LogP contribution is 2.36. The van der Waals surface area contributed by atoms with Gasteiger partial charge in [0.25, 0.3) is 11.5 Å². The van der Waals surface area contributed by atoms with Gasteiger partial charge in [0.2, 0.25) is 16.9 Å². The zero-order valence-electron chi connectivity index (χ0n) is 92.6. The Labute approximate surface area is 880 Å². The van der Waals surface area contributed by atoms with Crippen LogP contribution in [-0.4, -0.2) is 153 Å². The van der Waals surface area contributed by atoms with Gasteiger partial charge in [-0.2, -0.15) is 0 Å². The lowest BCUT2D eigenvalue weighted by Crippen LogP contribution is -2.42. The van der Waals surface area contributed by atoms with Crippen LogP contribution < -0.4 is 49.8 Å². The second-order valence-corrected chi connectivity index (χ2v) is 49.7. The third-order valence-corrected chi connectivity index (χ3v) is 22.0. The number of amides is 3. The molecule has 0 spiro atoms. The molecule has 5 aromatic heterocycles. The van der Waals surface area contributed by atoms with Crippen molar-refractivity contribution in [2.75, 3.05) is 90.2 Å². The molecule has 0 bridgehead atoms. The summed E-state index contributed by atoms with van der Waals surface area (Å²) in [5.74, 6) is 6.19. The summed E-state index contributed by atoms with van der Waals surface area (Å²) in [5, 5.41) is 37.2. The number of morpholine rings is 1. The Morgan fingerprint density at radius 1 is 0.562 bits per heavy atom. The van der Waals surface area contributed by atoms with Crippen LogP contribution >= 0.6 is 34.4 Å². The van der Waals surface area contributed by atoms with Crippen LogP contribution in [0.3, 0.4) is 0 Å². The van der Waals surface area contributed by atoms with E-state index < -0.39 is 4.92 Å². The van der Waals surface area contributed by atoms with E-state index >= 15 is 0 Å². The van der Waals surface area contributed by atoms with Crippen LogP contribution in [0, 0.1) is 79.6 Å². The summed E-state index contributed by atoms with van der Waals surface area (Å²) >= 11 is 4.75. The maximum absolute atomic E-state index is 12.2. The van der Waals surface area contributed by atoms with Crippen molar-refractivity contribution in [3.05, 3.63) is 247 Å². The standard InChI is InChI=1S/C15H19NO2.C15H18O2.C14H17N3O2S.C14H17NO2.C13H22N2S.C13H19NO2.C11H21NO3.C11H15NO3.C9H16N2S/c1-15(2,3)10-18-13-9-14(17)16(4)12-8-6-5-7-11(12)13;1-11-5-6-12-7-8-13(9-14(12)17-11)16-10-15(2,3)4;1-14(2,3)8-19-11-7-5-4-6-10(11)12(18)16-13-17-15-9-20-13;1-14(2,3)10-16-13-7-5-4-6-12(13)11-8-15-17-9-11;1-10-9-11(2)15-12(14-10)16-8-6-7-13(3,4)5;1-13(2,3)9-16-11-6-4-10(5-7-11)8-12(14)15;1-11(2,3)9-15-8-10(13)12-4-6-14-7-5-12;1-11(2,3)8-15-10-7-5-4-6-9(10)12(13)14;1-7-10-11-8(12-7)5-6-9(2,3)4/h5-9H,10H2,1-4H3;5-9H,1,10H2,2-4H3;4-7,9H,8H2,1-3H3,(H,16,17,18);4-9H,10H2,1-3H3;9H,6-8H2,1-5H3;4-7H,8-9H2,1-3H3,(H2,14,15);4-9H2,1-3H3;4-7H,8H2,1-3H3;5-6H2,1-4H3. The highest BCUT2D eigenvalue weighted by atomic mass is 32.2. The highest BCUT2D eigenvalue weighted by molar-refractivity contribution is 7.99. The van der Waals surface area contributed by atoms with Crippen molar-refractivity contribution in [2.45, 2.75) is 245 Å². The van der Waals surface area contributed by atoms with Crippen molar-refractivity contribution in [2.24, 2.45) is 61.5 Å². The Balaban J connectivity index is 0.000000290. The number of pyridine rings is 1. The van der Waals surface area contributed by atoms with Crippen LogP contribution in [-0.2, 0) is 39.0 Å². The van der Waals surface area contributed by atoms with Crippen LogP contribution in [0.4, 0.5) is 10.8 Å². The van der Waals surface area contributed by atoms with Crippen LogP contribution in [0.15, 0.2) is 203 Å². The molecule has 798 valence electrons. The molecular weight excluding hydrogens is 1900 g/mol. The second kappa shape index (κ2) is 59.2. The van der Waals surface area contributed by atoms with E-state index in [0.717, 1.165) is 89.9 Å². The van der Waals surface area contributed by atoms with Gasteiger partial charge in [0.15, 0.2) is 10.9 Å². The number of allylic oxidation sites excluding steroid dienone is 1. The van der Waals surface area contributed by atoms with Gasteiger partial charge in [0.1, 0.15) is 68.7 Å². The smallest absolute Gasteiger partial charge is 0.310 e. The molecular formula is C115H164N12O16S3. The second-order valence-electron chi connectivity index (χ2n) is 46.5. The predicted molar refractivity (Wildman–Crippen MR) is 594 cm³/mol. The average molecular weight is 2070 g/mol. The van der Waals surface area contributed by atoms with E-state index in [4.69, 9.17) is 52.9 Å². The molecule has 1 saturated heterocycles. The van der Waals surface area contributed by atoms with Gasteiger partial charge in [-0.1, -0.05) is 289 Å². The van der Waals surface area contributed by atoms with Crippen LogP contribution in [0.5, 0.6) is 40.2 Å². The summed E-state index contributed by atoms with van der Waals surface area (Å²) in [6.07, 6.45) is 12.2. The maximum Gasteiger partial charge on any atom is 0.310 e. The molecule has 11 aromatic rings. The molecule has 2 aliphatic heterocycles. The van der Waals surface area contributed by atoms with E-state index in [9.17, 15) is 29.3 Å². The fourth-order valence-corrected chi connectivity index (χ4v) is 14.3. The van der Waals surface area contributed by atoms with Crippen molar-refractivity contribution in [1.29, 1.82) is 0 Å². The number of benzene rings is 6. The number of carbonyl (C=O) groups is 3. The van der Waals surface area contributed by atoms with Crippen LogP contribution in [0.25, 0.3) is 28.1 Å². The van der Waals surface area contributed by atoms with Gasteiger partial charge in [-0.05, 0) is 173 Å². The number of nitrogens with one attached hydrogen (secondary N) is 1. The SMILES string of the molecule is C=C1C=Cc2ccc(OCC(C)(C)C)cc2O1.CC(C)(C)COCC(=O)N1CCOCC1.CC(C)(C)COc1ccc(CC(N)=O)cc1.CC(C)(C)COc1ccccc1-c1cnoc1.CC(C)(C)COc1ccccc1C(=O)Nc1nncs1.CC(C)(C)COc1ccccc1[N+](=O)[O-].Cc1cc(C)nc(SCCCC(C)(C)C)n1.Cc1nnc(CCC(C)(C)C)s1.Cn1c(=O)cc(OCC(C)(C)C)c2ccccc21.